The maximum Gasteiger partial charge on any atom is 0.358 e. The third-order valence-corrected chi connectivity index (χ3v) is 3.09. The summed E-state index contributed by atoms with van der Waals surface area (Å²) in [5.41, 5.74) is 0.244. The minimum atomic E-state index is -0.454. The highest BCUT2D eigenvalue weighted by Gasteiger charge is 2.15. The molecule has 0 aliphatic carbocycles. The highest BCUT2D eigenvalue weighted by Crippen LogP contribution is 2.12. The number of methoxy groups -OCH3 is 1. The molecule has 0 amide bonds. The molecule has 1 fully saturated rings. The molecule has 0 atom stereocenters. The molecule has 2 heterocycles. The summed E-state index contributed by atoms with van der Waals surface area (Å²) in [7, 11) is 3.46. The second-order valence-corrected chi connectivity index (χ2v) is 4.41. The van der Waals surface area contributed by atoms with Crippen LogP contribution in [0.25, 0.3) is 0 Å². The number of likely N-dealkylation sites (N-methyl/N-ethyl adjacent to an activating group) is 1. The third kappa shape index (κ3) is 2.95. The van der Waals surface area contributed by atoms with Gasteiger partial charge in [0.2, 0.25) is 0 Å². The standard InChI is InChI=1S/C12H18N4O2/c1-15-6-3-7-16(9-8-15)11-5-4-10(13-14-11)12(17)18-2/h4-5H,3,6-9H2,1-2H3. The van der Waals surface area contributed by atoms with Gasteiger partial charge in [0.25, 0.3) is 0 Å². The lowest BCUT2D eigenvalue weighted by molar-refractivity contribution is 0.0592. The Morgan fingerprint density at radius 3 is 2.72 bits per heavy atom. The van der Waals surface area contributed by atoms with Crippen molar-refractivity contribution in [3.05, 3.63) is 17.8 Å². The average Bonchev–Trinajstić information content (AvgIpc) is 2.63. The van der Waals surface area contributed by atoms with Crippen molar-refractivity contribution in [1.29, 1.82) is 0 Å². The quantitative estimate of drug-likeness (QED) is 0.708. The number of hydrogen-bond donors (Lipinski definition) is 0. The van der Waals surface area contributed by atoms with Crippen LogP contribution in [0.1, 0.15) is 16.9 Å². The summed E-state index contributed by atoms with van der Waals surface area (Å²) < 4.78 is 4.59. The molecule has 1 saturated heterocycles. The van der Waals surface area contributed by atoms with E-state index in [1.54, 1.807) is 6.07 Å². The molecule has 0 spiro atoms. The zero-order chi connectivity index (χ0) is 13.0. The van der Waals surface area contributed by atoms with E-state index in [4.69, 9.17) is 0 Å². The van der Waals surface area contributed by atoms with Gasteiger partial charge in [-0.15, -0.1) is 10.2 Å². The van der Waals surface area contributed by atoms with Gasteiger partial charge >= 0.3 is 5.97 Å². The smallest absolute Gasteiger partial charge is 0.358 e. The van der Waals surface area contributed by atoms with Gasteiger partial charge < -0.3 is 14.5 Å². The van der Waals surface area contributed by atoms with Crippen LogP contribution in [0.3, 0.4) is 0 Å². The van der Waals surface area contributed by atoms with Crippen LogP contribution in [0.15, 0.2) is 12.1 Å². The summed E-state index contributed by atoms with van der Waals surface area (Å²) in [6.07, 6.45) is 1.11. The molecular formula is C12H18N4O2. The van der Waals surface area contributed by atoms with Gasteiger partial charge in [-0.1, -0.05) is 0 Å². The summed E-state index contributed by atoms with van der Waals surface area (Å²) in [5.74, 6) is 0.364. The highest BCUT2D eigenvalue weighted by molar-refractivity contribution is 5.86. The van der Waals surface area contributed by atoms with Crippen molar-refractivity contribution in [2.45, 2.75) is 6.42 Å². The van der Waals surface area contributed by atoms with E-state index in [0.717, 1.165) is 38.4 Å². The number of rotatable bonds is 2. The molecule has 6 heteroatoms. The first-order chi connectivity index (χ1) is 8.70. The predicted octanol–water partition coefficient (Wildman–Crippen LogP) is 0.405. The number of carbonyl (C=O) groups excluding carboxylic acids is 1. The maximum atomic E-state index is 11.3. The average molecular weight is 250 g/mol. The molecule has 0 bridgehead atoms. The summed E-state index contributed by atoms with van der Waals surface area (Å²) in [5, 5.41) is 7.99. The van der Waals surface area contributed by atoms with Crippen LogP contribution < -0.4 is 4.90 Å². The van der Waals surface area contributed by atoms with Crippen LogP contribution in [0, 0.1) is 0 Å². The van der Waals surface area contributed by atoms with E-state index < -0.39 is 5.97 Å². The minimum Gasteiger partial charge on any atom is -0.464 e. The van der Waals surface area contributed by atoms with Crippen LogP contribution in [-0.2, 0) is 4.74 Å². The molecule has 1 aliphatic heterocycles. The largest absolute Gasteiger partial charge is 0.464 e. The summed E-state index contributed by atoms with van der Waals surface area (Å²) >= 11 is 0. The molecular weight excluding hydrogens is 232 g/mol. The van der Waals surface area contributed by atoms with Crippen molar-refractivity contribution in [2.24, 2.45) is 0 Å². The topological polar surface area (TPSA) is 58.6 Å². The SMILES string of the molecule is COC(=O)c1ccc(N2CCCN(C)CC2)nn1. The molecule has 1 aromatic rings. The van der Waals surface area contributed by atoms with Crippen molar-refractivity contribution in [3.63, 3.8) is 0 Å². The summed E-state index contributed by atoms with van der Waals surface area (Å²) in [4.78, 5) is 15.7. The molecule has 98 valence electrons. The summed E-state index contributed by atoms with van der Waals surface area (Å²) in [6, 6.07) is 3.48. The second kappa shape index (κ2) is 5.77. The Hall–Kier alpha value is -1.69. The first kappa shape index (κ1) is 12.8. The van der Waals surface area contributed by atoms with E-state index >= 15 is 0 Å². The molecule has 1 aliphatic rings. The monoisotopic (exact) mass is 250 g/mol. The van der Waals surface area contributed by atoms with Gasteiger partial charge in [0.05, 0.1) is 7.11 Å². The van der Waals surface area contributed by atoms with Crippen LogP contribution in [0.4, 0.5) is 5.82 Å². The number of ether oxygens (including phenoxy) is 1. The number of anilines is 1. The van der Waals surface area contributed by atoms with Gasteiger partial charge in [-0.05, 0) is 32.1 Å². The van der Waals surface area contributed by atoms with Gasteiger partial charge in [0.1, 0.15) is 0 Å². The second-order valence-electron chi connectivity index (χ2n) is 4.41. The number of nitrogens with zero attached hydrogens (tertiary/aromatic N) is 4. The van der Waals surface area contributed by atoms with Gasteiger partial charge in [-0.25, -0.2) is 4.79 Å². The molecule has 1 aromatic heterocycles. The molecule has 0 aromatic carbocycles. The Bertz CT molecular complexity index is 407. The molecule has 6 nitrogen and oxygen atoms in total. The number of carbonyl (C=O) groups is 1. The van der Waals surface area contributed by atoms with E-state index in [9.17, 15) is 4.79 Å². The van der Waals surface area contributed by atoms with Gasteiger partial charge in [-0.2, -0.15) is 0 Å². The molecule has 0 radical (unpaired) electrons. The highest BCUT2D eigenvalue weighted by atomic mass is 16.5. The third-order valence-electron chi connectivity index (χ3n) is 3.09. The Labute approximate surface area is 107 Å². The molecule has 0 saturated carbocycles. The van der Waals surface area contributed by atoms with Crippen LogP contribution in [0.2, 0.25) is 0 Å². The van der Waals surface area contributed by atoms with Crippen molar-refractivity contribution in [3.8, 4) is 0 Å². The fraction of sp³-hybridized carbons (Fsp3) is 0.583. The van der Waals surface area contributed by atoms with Crippen molar-refractivity contribution in [2.75, 3.05) is 45.2 Å². The van der Waals surface area contributed by atoms with Gasteiger partial charge in [-0.3, -0.25) is 0 Å². The predicted molar refractivity (Wildman–Crippen MR) is 67.7 cm³/mol. The summed E-state index contributed by atoms with van der Waals surface area (Å²) in [6.45, 7) is 4.02. The fourth-order valence-electron chi connectivity index (χ4n) is 1.98. The fourth-order valence-corrected chi connectivity index (χ4v) is 1.98. The van der Waals surface area contributed by atoms with E-state index in [2.05, 4.69) is 31.8 Å². The zero-order valence-corrected chi connectivity index (χ0v) is 10.8. The number of hydrogen-bond acceptors (Lipinski definition) is 6. The minimum absolute atomic E-state index is 0.244. The Morgan fingerprint density at radius 1 is 1.22 bits per heavy atom. The van der Waals surface area contributed by atoms with Gasteiger partial charge in [0.15, 0.2) is 11.5 Å². The van der Waals surface area contributed by atoms with Crippen molar-refractivity contribution >= 4 is 11.8 Å². The Balaban J connectivity index is 2.06. The normalized spacial score (nSPS) is 17.3. The van der Waals surface area contributed by atoms with E-state index in [-0.39, 0.29) is 5.69 Å². The number of esters is 1. The Kier molecular flexibility index (Phi) is 4.09. The van der Waals surface area contributed by atoms with Crippen molar-refractivity contribution in [1.82, 2.24) is 15.1 Å². The maximum absolute atomic E-state index is 11.3. The van der Waals surface area contributed by atoms with Crippen LogP contribution in [-0.4, -0.2) is 61.4 Å². The van der Waals surface area contributed by atoms with Crippen molar-refractivity contribution < 1.29 is 9.53 Å². The van der Waals surface area contributed by atoms with Gasteiger partial charge in [0, 0.05) is 19.6 Å². The van der Waals surface area contributed by atoms with Crippen LogP contribution >= 0.6 is 0 Å². The first-order valence-electron chi connectivity index (χ1n) is 6.06. The molecule has 2 rings (SSSR count). The van der Waals surface area contributed by atoms with E-state index in [1.165, 1.54) is 7.11 Å². The molecule has 0 N–H and O–H groups in total. The molecule has 18 heavy (non-hydrogen) atoms. The zero-order valence-electron chi connectivity index (χ0n) is 10.8. The van der Waals surface area contributed by atoms with E-state index in [1.807, 2.05) is 6.07 Å². The Morgan fingerprint density at radius 2 is 2.06 bits per heavy atom. The van der Waals surface area contributed by atoms with Crippen LogP contribution in [0.5, 0.6) is 0 Å². The lowest BCUT2D eigenvalue weighted by Gasteiger charge is -2.20. The molecule has 0 unspecified atom stereocenters. The number of aromatic nitrogens is 2. The first-order valence-corrected chi connectivity index (χ1v) is 6.06. The lowest BCUT2D eigenvalue weighted by Crippen LogP contribution is -2.29. The lowest BCUT2D eigenvalue weighted by atomic mass is 10.3. The van der Waals surface area contributed by atoms with E-state index in [0.29, 0.717) is 0 Å².